The molecular formula is C15H18N2O4. The van der Waals surface area contributed by atoms with Crippen molar-refractivity contribution in [3.05, 3.63) is 35.4 Å². The van der Waals surface area contributed by atoms with Gasteiger partial charge in [0.2, 0.25) is 11.8 Å². The number of likely N-dealkylation sites (N-methyl/N-ethyl adjacent to an activating group) is 1. The molecule has 0 atom stereocenters. The fourth-order valence-corrected chi connectivity index (χ4v) is 1.93. The Morgan fingerprint density at radius 3 is 2.67 bits per heavy atom. The predicted octanol–water partition coefficient (Wildman–Crippen LogP) is 0.664. The molecule has 112 valence electrons. The Morgan fingerprint density at radius 1 is 1.33 bits per heavy atom. The zero-order valence-electron chi connectivity index (χ0n) is 11.8. The highest BCUT2D eigenvalue weighted by Gasteiger charge is 2.24. The summed E-state index contributed by atoms with van der Waals surface area (Å²) in [5.41, 5.74) is 0.767. The van der Waals surface area contributed by atoms with Crippen molar-refractivity contribution in [1.29, 1.82) is 0 Å². The largest absolute Gasteiger partial charge is 0.478 e. The first-order valence-corrected chi connectivity index (χ1v) is 6.81. The lowest BCUT2D eigenvalue weighted by molar-refractivity contribution is -0.134. The van der Waals surface area contributed by atoms with Gasteiger partial charge in [-0.3, -0.25) is 9.59 Å². The van der Waals surface area contributed by atoms with Gasteiger partial charge in [-0.1, -0.05) is 12.1 Å². The molecule has 21 heavy (non-hydrogen) atoms. The van der Waals surface area contributed by atoms with Crippen molar-refractivity contribution < 1.29 is 19.5 Å². The molecule has 1 fully saturated rings. The van der Waals surface area contributed by atoms with E-state index in [1.54, 1.807) is 19.2 Å². The van der Waals surface area contributed by atoms with Crippen molar-refractivity contribution >= 4 is 17.8 Å². The summed E-state index contributed by atoms with van der Waals surface area (Å²) in [6.07, 6.45) is 2.09. The number of amides is 2. The molecule has 2 amide bonds. The minimum Gasteiger partial charge on any atom is -0.478 e. The van der Waals surface area contributed by atoms with Crippen LogP contribution >= 0.6 is 0 Å². The average molecular weight is 290 g/mol. The maximum absolute atomic E-state index is 12.0. The minimum absolute atomic E-state index is 0.0218. The highest BCUT2D eigenvalue weighted by molar-refractivity contribution is 5.89. The molecule has 2 rings (SSSR count). The highest BCUT2D eigenvalue weighted by atomic mass is 16.4. The third-order valence-electron chi connectivity index (χ3n) is 3.28. The van der Waals surface area contributed by atoms with E-state index in [0.29, 0.717) is 5.56 Å². The third kappa shape index (κ3) is 4.59. The molecule has 0 aliphatic heterocycles. The van der Waals surface area contributed by atoms with E-state index in [-0.39, 0.29) is 36.4 Å². The van der Waals surface area contributed by atoms with Gasteiger partial charge in [-0.05, 0) is 30.5 Å². The standard InChI is InChI=1S/C15H18N2O4/c1-17(9-13(18)16-12-5-6-12)14(19)8-10-3-2-4-11(7-10)15(20)21/h2-4,7,12H,5-6,8-9H2,1H3,(H,16,18)(H,20,21). The first-order chi connectivity index (χ1) is 9.95. The Labute approximate surface area is 122 Å². The number of hydrogen-bond donors (Lipinski definition) is 2. The average Bonchev–Trinajstić information content (AvgIpc) is 3.22. The van der Waals surface area contributed by atoms with E-state index in [1.165, 1.54) is 17.0 Å². The Morgan fingerprint density at radius 2 is 2.05 bits per heavy atom. The number of carbonyl (C=O) groups is 3. The number of hydrogen-bond acceptors (Lipinski definition) is 3. The van der Waals surface area contributed by atoms with Gasteiger partial charge in [0.05, 0.1) is 18.5 Å². The van der Waals surface area contributed by atoms with E-state index in [0.717, 1.165) is 12.8 Å². The summed E-state index contributed by atoms with van der Waals surface area (Å²) in [7, 11) is 1.57. The molecule has 2 N–H and O–H groups in total. The molecule has 6 nitrogen and oxygen atoms in total. The molecule has 0 saturated heterocycles. The van der Waals surface area contributed by atoms with Gasteiger partial charge in [-0.25, -0.2) is 4.79 Å². The Hall–Kier alpha value is -2.37. The van der Waals surface area contributed by atoms with E-state index < -0.39 is 5.97 Å². The van der Waals surface area contributed by atoms with Crippen molar-refractivity contribution in [2.24, 2.45) is 0 Å². The van der Waals surface area contributed by atoms with Crippen LogP contribution in [-0.4, -0.2) is 47.4 Å². The lowest BCUT2D eigenvalue weighted by Crippen LogP contribution is -2.39. The summed E-state index contributed by atoms with van der Waals surface area (Å²) in [6, 6.07) is 6.52. The topological polar surface area (TPSA) is 86.7 Å². The molecule has 0 radical (unpaired) electrons. The van der Waals surface area contributed by atoms with Gasteiger partial charge < -0.3 is 15.3 Å². The van der Waals surface area contributed by atoms with Gasteiger partial charge in [-0.2, -0.15) is 0 Å². The van der Waals surface area contributed by atoms with Gasteiger partial charge >= 0.3 is 5.97 Å². The van der Waals surface area contributed by atoms with Crippen molar-refractivity contribution in [2.45, 2.75) is 25.3 Å². The molecule has 0 spiro atoms. The molecule has 1 aliphatic rings. The molecule has 0 aromatic heterocycles. The van der Waals surface area contributed by atoms with Crippen molar-refractivity contribution in [1.82, 2.24) is 10.2 Å². The predicted molar refractivity (Wildman–Crippen MR) is 75.9 cm³/mol. The van der Waals surface area contributed by atoms with Gasteiger partial charge in [0.25, 0.3) is 0 Å². The second-order valence-corrected chi connectivity index (χ2v) is 5.27. The van der Waals surface area contributed by atoms with Crippen LogP contribution in [0.15, 0.2) is 24.3 Å². The van der Waals surface area contributed by atoms with E-state index in [4.69, 9.17) is 5.11 Å². The zero-order valence-corrected chi connectivity index (χ0v) is 11.8. The molecule has 0 unspecified atom stereocenters. The van der Waals surface area contributed by atoms with Crippen LogP contribution in [0, 0.1) is 0 Å². The summed E-state index contributed by atoms with van der Waals surface area (Å²) < 4.78 is 0. The van der Waals surface area contributed by atoms with Crippen molar-refractivity contribution in [2.75, 3.05) is 13.6 Å². The maximum atomic E-state index is 12.0. The van der Waals surface area contributed by atoms with Crippen molar-refractivity contribution in [3.63, 3.8) is 0 Å². The fourth-order valence-electron chi connectivity index (χ4n) is 1.93. The Balaban J connectivity index is 1.88. The summed E-state index contributed by atoms with van der Waals surface area (Å²) >= 11 is 0. The first-order valence-electron chi connectivity index (χ1n) is 6.81. The normalized spacial score (nSPS) is 13.6. The smallest absolute Gasteiger partial charge is 0.335 e. The number of benzene rings is 1. The van der Waals surface area contributed by atoms with Gasteiger partial charge in [0, 0.05) is 13.1 Å². The summed E-state index contributed by atoms with van der Waals surface area (Å²) in [5.74, 6) is -1.41. The quantitative estimate of drug-likeness (QED) is 0.806. The molecule has 1 aromatic carbocycles. The first kappa shape index (κ1) is 15.0. The van der Waals surface area contributed by atoms with Crippen LogP contribution in [0.25, 0.3) is 0 Å². The van der Waals surface area contributed by atoms with Crippen LogP contribution in [0.5, 0.6) is 0 Å². The highest BCUT2D eigenvalue weighted by Crippen LogP contribution is 2.18. The van der Waals surface area contributed by atoms with Gasteiger partial charge in [0.1, 0.15) is 0 Å². The third-order valence-corrected chi connectivity index (χ3v) is 3.28. The Kier molecular flexibility index (Phi) is 4.57. The number of carboxylic acid groups (broad SMARTS) is 1. The van der Waals surface area contributed by atoms with Crippen LogP contribution in [0.2, 0.25) is 0 Å². The van der Waals surface area contributed by atoms with Crippen molar-refractivity contribution in [3.8, 4) is 0 Å². The maximum Gasteiger partial charge on any atom is 0.335 e. The van der Waals surface area contributed by atoms with Crippen LogP contribution in [-0.2, 0) is 16.0 Å². The Bertz CT molecular complexity index is 567. The summed E-state index contributed by atoms with van der Waals surface area (Å²) in [5, 5.41) is 11.7. The van der Waals surface area contributed by atoms with E-state index in [1.807, 2.05) is 0 Å². The lowest BCUT2D eigenvalue weighted by atomic mass is 10.1. The van der Waals surface area contributed by atoms with E-state index in [9.17, 15) is 14.4 Å². The van der Waals surface area contributed by atoms with Crippen LogP contribution in [0.1, 0.15) is 28.8 Å². The van der Waals surface area contributed by atoms with Crippen LogP contribution in [0.3, 0.4) is 0 Å². The number of nitrogens with zero attached hydrogens (tertiary/aromatic N) is 1. The molecule has 1 aliphatic carbocycles. The second kappa shape index (κ2) is 6.39. The molecule has 0 heterocycles. The van der Waals surface area contributed by atoms with Gasteiger partial charge in [-0.15, -0.1) is 0 Å². The summed E-state index contributed by atoms with van der Waals surface area (Å²) in [4.78, 5) is 35.9. The molecule has 1 aromatic rings. The number of carboxylic acids is 1. The number of carbonyl (C=O) groups excluding carboxylic acids is 2. The van der Waals surface area contributed by atoms with Crippen LogP contribution < -0.4 is 5.32 Å². The fraction of sp³-hybridized carbons (Fsp3) is 0.400. The second-order valence-electron chi connectivity index (χ2n) is 5.27. The number of nitrogens with one attached hydrogen (secondary N) is 1. The summed E-state index contributed by atoms with van der Waals surface area (Å²) in [6.45, 7) is 0.0218. The zero-order chi connectivity index (χ0) is 15.4. The van der Waals surface area contributed by atoms with E-state index in [2.05, 4.69) is 5.32 Å². The van der Waals surface area contributed by atoms with E-state index >= 15 is 0 Å². The molecule has 6 heteroatoms. The molecule has 0 bridgehead atoms. The number of aromatic carboxylic acids is 1. The lowest BCUT2D eigenvalue weighted by Gasteiger charge is -2.17. The monoisotopic (exact) mass is 290 g/mol. The SMILES string of the molecule is CN(CC(=O)NC1CC1)C(=O)Cc1cccc(C(=O)O)c1. The molecular weight excluding hydrogens is 272 g/mol. The van der Waals surface area contributed by atoms with Gasteiger partial charge in [0.15, 0.2) is 0 Å². The molecule has 1 saturated carbocycles. The van der Waals surface area contributed by atoms with Crippen LogP contribution in [0.4, 0.5) is 0 Å². The minimum atomic E-state index is -1.03. The number of rotatable bonds is 6.